The van der Waals surface area contributed by atoms with Gasteiger partial charge in [0.1, 0.15) is 0 Å². The molecule has 0 bridgehead atoms. The van der Waals surface area contributed by atoms with Crippen molar-refractivity contribution >= 4 is 6.01 Å². The van der Waals surface area contributed by atoms with Crippen LogP contribution in [-0.4, -0.2) is 30.3 Å². The van der Waals surface area contributed by atoms with Crippen molar-refractivity contribution in [2.75, 3.05) is 25.0 Å². The van der Waals surface area contributed by atoms with E-state index in [1.54, 1.807) is 0 Å². The minimum atomic E-state index is 0.102. The Morgan fingerprint density at radius 3 is 2.65 bits per heavy atom. The fourth-order valence-electron chi connectivity index (χ4n) is 2.81. The van der Waals surface area contributed by atoms with Crippen molar-refractivity contribution in [3.8, 4) is 0 Å². The van der Waals surface area contributed by atoms with Gasteiger partial charge in [-0.15, -0.1) is 5.10 Å². The molecule has 2 unspecified atom stereocenters. The molecule has 0 saturated carbocycles. The molecule has 2 atom stereocenters. The summed E-state index contributed by atoms with van der Waals surface area (Å²) in [6.07, 6.45) is 3.68. The maximum atomic E-state index is 5.79. The van der Waals surface area contributed by atoms with E-state index in [2.05, 4.69) is 41.2 Å². The van der Waals surface area contributed by atoms with Crippen LogP contribution in [0.5, 0.6) is 0 Å². The van der Waals surface area contributed by atoms with Crippen molar-refractivity contribution in [1.29, 1.82) is 0 Å². The van der Waals surface area contributed by atoms with Crippen LogP contribution in [0.25, 0.3) is 0 Å². The number of hydrogen-bond acceptors (Lipinski definition) is 5. The van der Waals surface area contributed by atoms with Crippen molar-refractivity contribution in [3.05, 3.63) is 5.89 Å². The Kier molecular flexibility index (Phi) is 4.68. The highest BCUT2D eigenvalue weighted by molar-refractivity contribution is 5.24. The first kappa shape index (κ1) is 15.3. The fraction of sp³-hybridized carbons (Fsp3) is 0.867. The Bertz CT molecular complexity index is 424. The summed E-state index contributed by atoms with van der Waals surface area (Å²) < 4.78 is 5.79. The normalized spacial score (nSPS) is 22.6. The SMILES string of the molecule is CNC(C)c1nnc(N2CCCC(C(C)(C)C)CC2)o1. The highest BCUT2D eigenvalue weighted by Gasteiger charge is 2.28. The Labute approximate surface area is 122 Å². The average Bonchev–Trinajstić information content (AvgIpc) is 2.74. The number of anilines is 1. The first-order valence-electron chi connectivity index (χ1n) is 7.67. The van der Waals surface area contributed by atoms with E-state index < -0.39 is 0 Å². The summed E-state index contributed by atoms with van der Waals surface area (Å²) in [4.78, 5) is 2.24. The maximum absolute atomic E-state index is 5.79. The van der Waals surface area contributed by atoms with Crippen LogP contribution in [0.15, 0.2) is 4.42 Å². The molecule has 2 heterocycles. The summed E-state index contributed by atoms with van der Waals surface area (Å²) >= 11 is 0. The van der Waals surface area contributed by atoms with Crippen LogP contribution >= 0.6 is 0 Å². The van der Waals surface area contributed by atoms with Gasteiger partial charge in [-0.1, -0.05) is 25.9 Å². The second-order valence-electron chi connectivity index (χ2n) is 6.91. The Morgan fingerprint density at radius 1 is 1.25 bits per heavy atom. The second kappa shape index (κ2) is 6.12. The zero-order valence-corrected chi connectivity index (χ0v) is 13.4. The molecule has 0 spiro atoms. The molecule has 1 aliphatic rings. The van der Waals surface area contributed by atoms with Gasteiger partial charge >= 0.3 is 6.01 Å². The molecule has 114 valence electrons. The third-order valence-electron chi connectivity index (χ3n) is 4.46. The van der Waals surface area contributed by atoms with Crippen LogP contribution in [-0.2, 0) is 0 Å². The number of nitrogens with one attached hydrogen (secondary N) is 1. The number of rotatable bonds is 3. The van der Waals surface area contributed by atoms with Crippen LogP contribution < -0.4 is 10.2 Å². The van der Waals surface area contributed by atoms with Gasteiger partial charge < -0.3 is 14.6 Å². The molecule has 0 amide bonds. The summed E-state index contributed by atoms with van der Waals surface area (Å²) in [5.74, 6) is 1.44. The van der Waals surface area contributed by atoms with E-state index in [-0.39, 0.29) is 6.04 Å². The number of nitrogens with zero attached hydrogens (tertiary/aromatic N) is 3. The number of aromatic nitrogens is 2. The van der Waals surface area contributed by atoms with Gasteiger partial charge in [-0.2, -0.15) is 0 Å². The van der Waals surface area contributed by atoms with Crippen LogP contribution in [0, 0.1) is 11.3 Å². The molecule has 1 aromatic rings. The quantitative estimate of drug-likeness (QED) is 0.922. The van der Waals surface area contributed by atoms with Crippen LogP contribution in [0.4, 0.5) is 6.01 Å². The molecule has 20 heavy (non-hydrogen) atoms. The van der Waals surface area contributed by atoms with Gasteiger partial charge in [0.15, 0.2) is 0 Å². The lowest BCUT2D eigenvalue weighted by Gasteiger charge is -2.29. The molecule has 1 aromatic heterocycles. The highest BCUT2D eigenvalue weighted by atomic mass is 16.4. The molecule has 0 radical (unpaired) electrons. The zero-order valence-electron chi connectivity index (χ0n) is 13.4. The predicted molar refractivity (Wildman–Crippen MR) is 80.8 cm³/mol. The fourth-order valence-corrected chi connectivity index (χ4v) is 2.81. The second-order valence-corrected chi connectivity index (χ2v) is 6.91. The molecule has 5 nitrogen and oxygen atoms in total. The van der Waals surface area contributed by atoms with Crippen molar-refractivity contribution in [2.24, 2.45) is 11.3 Å². The molecule has 1 N–H and O–H groups in total. The van der Waals surface area contributed by atoms with Crippen molar-refractivity contribution in [2.45, 2.75) is 53.0 Å². The summed E-state index contributed by atoms with van der Waals surface area (Å²) in [6, 6.07) is 0.780. The standard InChI is InChI=1S/C15H28N4O/c1-11(16-5)13-17-18-14(20-13)19-9-6-7-12(8-10-19)15(2,3)4/h11-12,16H,6-10H2,1-5H3. The third-order valence-corrected chi connectivity index (χ3v) is 4.46. The van der Waals surface area contributed by atoms with Gasteiger partial charge in [0.2, 0.25) is 5.89 Å². The van der Waals surface area contributed by atoms with E-state index in [0.717, 1.165) is 19.0 Å². The average molecular weight is 280 g/mol. The van der Waals surface area contributed by atoms with Gasteiger partial charge in [0.05, 0.1) is 6.04 Å². The lowest BCUT2D eigenvalue weighted by atomic mass is 9.77. The first-order chi connectivity index (χ1) is 9.41. The molecule has 0 aliphatic carbocycles. The monoisotopic (exact) mass is 280 g/mol. The van der Waals surface area contributed by atoms with E-state index in [1.807, 2.05) is 14.0 Å². The van der Waals surface area contributed by atoms with Gasteiger partial charge in [-0.25, -0.2) is 0 Å². The summed E-state index contributed by atoms with van der Waals surface area (Å²) in [5, 5.41) is 11.5. The first-order valence-corrected chi connectivity index (χ1v) is 7.67. The topological polar surface area (TPSA) is 54.2 Å². The molecular weight excluding hydrogens is 252 g/mol. The molecule has 5 heteroatoms. The minimum Gasteiger partial charge on any atom is -0.406 e. The molecule has 0 aromatic carbocycles. The molecule has 1 fully saturated rings. The number of hydrogen-bond donors (Lipinski definition) is 1. The Balaban J connectivity index is 2.02. The Hall–Kier alpha value is -1.10. The van der Waals surface area contributed by atoms with Gasteiger partial charge in [-0.3, -0.25) is 0 Å². The van der Waals surface area contributed by atoms with Crippen molar-refractivity contribution in [3.63, 3.8) is 0 Å². The van der Waals surface area contributed by atoms with Crippen LogP contribution in [0.2, 0.25) is 0 Å². The zero-order chi connectivity index (χ0) is 14.8. The Morgan fingerprint density at radius 2 is 2.00 bits per heavy atom. The lowest BCUT2D eigenvalue weighted by Crippen LogP contribution is -2.26. The van der Waals surface area contributed by atoms with E-state index in [1.165, 1.54) is 19.3 Å². The summed E-state index contributed by atoms with van der Waals surface area (Å²) in [7, 11) is 1.90. The largest absolute Gasteiger partial charge is 0.406 e. The minimum absolute atomic E-state index is 0.102. The van der Waals surface area contributed by atoms with E-state index in [0.29, 0.717) is 17.3 Å². The predicted octanol–water partition coefficient (Wildman–Crippen LogP) is 3.00. The lowest BCUT2D eigenvalue weighted by molar-refractivity contribution is 0.220. The molecule has 2 rings (SSSR count). The smallest absolute Gasteiger partial charge is 0.318 e. The summed E-state index contributed by atoms with van der Waals surface area (Å²) in [5.41, 5.74) is 0.386. The van der Waals surface area contributed by atoms with E-state index in [9.17, 15) is 0 Å². The van der Waals surface area contributed by atoms with Crippen LogP contribution in [0.3, 0.4) is 0 Å². The maximum Gasteiger partial charge on any atom is 0.318 e. The van der Waals surface area contributed by atoms with E-state index >= 15 is 0 Å². The van der Waals surface area contributed by atoms with Gasteiger partial charge in [-0.05, 0) is 44.6 Å². The van der Waals surface area contributed by atoms with Gasteiger partial charge in [0.25, 0.3) is 0 Å². The molecule has 1 saturated heterocycles. The third kappa shape index (κ3) is 3.51. The molecule has 1 aliphatic heterocycles. The van der Waals surface area contributed by atoms with Crippen LogP contribution in [0.1, 0.15) is 58.9 Å². The summed E-state index contributed by atoms with van der Waals surface area (Å²) in [6.45, 7) is 11.1. The molecular formula is C15H28N4O. The van der Waals surface area contributed by atoms with E-state index in [4.69, 9.17) is 4.42 Å². The highest BCUT2D eigenvalue weighted by Crippen LogP contribution is 2.35. The van der Waals surface area contributed by atoms with Crippen molar-refractivity contribution in [1.82, 2.24) is 15.5 Å². The van der Waals surface area contributed by atoms with Gasteiger partial charge in [0, 0.05) is 13.1 Å². The van der Waals surface area contributed by atoms with Crippen molar-refractivity contribution < 1.29 is 4.42 Å².